The van der Waals surface area contributed by atoms with Crippen molar-refractivity contribution in [2.45, 2.75) is 26.4 Å². The van der Waals surface area contributed by atoms with Gasteiger partial charge in [0.25, 0.3) is 0 Å². The highest BCUT2D eigenvalue weighted by molar-refractivity contribution is 5.76. The first-order chi connectivity index (χ1) is 7.69. The van der Waals surface area contributed by atoms with Crippen LogP contribution in [0.15, 0.2) is 18.2 Å². The van der Waals surface area contributed by atoms with Gasteiger partial charge >= 0.3 is 0 Å². The molecule has 4 nitrogen and oxygen atoms in total. The first kappa shape index (κ1) is 10.5. The number of H-pyrrole nitrogens is 1. The number of nitrogens with one attached hydrogen (secondary N) is 1. The van der Waals surface area contributed by atoms with Crippen LogP contribution < -0.4 is 4.74 Å². The minimum atomic E-state index is 0.152. The second-order valence-corrected chi connectivity index (χ2v) is 3.86. The number of benzene rings is 1. The van der Waals surface area contributed by atoms with Gasteiger partial charge in [-0.2, -0.15) is 5.26 Å². The van der Waals surface area contributed by atoms with Crippen LogP contribution in [0, 0.1) is 11.3 Å². The van der Waals surface area contributed by atoms with Gasteiger partial charge in [-0.05, 0) is 26.0 Å². The zero-order chi connectivity index (χ0) is 11.5. The van der Waals surface area contributed by atoms with E-state index in [2.05, 4.69) is 16.0 Å². The van der Waals surface area contributed by atoms with Crippen LogP contribution in [-0.2, 0) is 6.42 Å². The number of rotatable bonds is 3. The molecule has 2 rings (SSSR count). The summed E-state index contributed by atoms with van der Waals surface area (Å²) < 4.78 is 5.58. The van der Waals surface area contributed by atoms with Crippen molar-refractivity contribution in [2.24, 2.45) is 0 Å². The van der Waals surface area contributed by atoms with Crippen LogP contribution in [0.25, 0.3) is 11.0 Å². The number of hydrogen-bond donors (Lipinski definition) is 1. The van der Waals surface area contributed by atoms with E-state index in [1.54, 1.807) is 0 Å². The zero-order valence-electron chi connectivity index (χ0n) is 9.32. The first-order valence-electron chi connectivity index (χ1n) is 5.21. The monoisotopic (exact) mass is 215 g/mol. The second-order valence-electron chi connectivity index (χ2n) is 3.86. The minimum Gasteiger partial charge on any atom is -0.491 e. The fraction of sp³-hybridized carbons (Fsp3) is 0.333. The van der Waals surface area contributed by atoms with Gasteiger partial charge in [0.05, 0.1) is 29.6 Å². The van der Waals surface area contributed by atoms with Gasteiger partial charge < -0.3 is 9.72 Å². The summed E-state index contributed by atoms with van der Waals surface area (Å²) in [5, 5.41) is 8.58. The third-order valence-corrected chi connectivity index (χ3v) is 2.12. The van der Waals surface area contributed by atoms with Gasteiger partial charge in [-0.1, -0.05) is 0 Å². The lowest BCUT2D eigenvalue weighted by Gasteiger charge is -2.08. The van der Waals surface area contributed by atoms with Gasteiger partial charge in [0.2, 0.25) is 0 Å². The van der Waals surface area contributed by atoms with Crippen molar-refractivity contribution in [1.82, 2.24) is 9.97 Å². The fourth-order valence-electron chi connectivity index (χ4n) is 1.55. The van der Waals surface area contributed by atoms with Gasteiger partial charge in [0, 0.05) is 6.07 Å². The molecule has 0 saturated heterocycles. The number of aromatic amines is 1. The maximum Gasteiger partial charge on any atom is 0.121 e. The summed E-state index contributed by atoms with van der Waals surface area (Å²) in [5.74, 6) is 1.51. The van der Waals surface area contributed by atoms with E-state index in [1.807, 2.05) is 32.0 Å². The molecular formula is C12H13N3O. The van der Waals surface area contributed by atoms with Gasteiger partial charge in [-0.15, -0.1) is 0 Å². The second kappa shape index (κ2) is 4.23. The quantitative estimate of drug-likeness (QED) is 0.855. The Morgan fingerprint density at radius 2 is 2.31 bits per heavy atom. The Morgan fingerprint density at radius 3 is 3.00 bits per heavy atom. The largest absolute Gasteiger partial charge is 0.491 e. The molecule has 1 N–H and O–H groups in total. The molecule has 0 aliphatic heterocycles. The maximum atomic E-state index is 8.58. The molecule has 0 bridgehead atoms. The number of aromatic nitrogens is 2. The van der Waals surface area contributed by atoms with Gasteiger partial charge in [-0.25, -0.2) is 4.98 Å². The molecule has 1 aromatic carbocycles. The van der Waals surface area contributed by atoms with E-state index < -0.39 is 0 Å². The zero-order valence-corrected chi connectivity index (χ0v) is 9.32. The standard InChI is InChI=1S/C12H13N3O/c1-8(2)16-9-3-4-10-11(7-9)15-12(14-10)5-6-13/h3-4,7-8H,5H2,1-2H3,(H,14,15). The van der Waals surface area contributed by atoms with Crippen molar-refractivity contribution < 1.29 is 4.74 Å². The van der Waals surface area contributed by atoms with E-state index in [0.29, 0.717) is 12.2 Å². The Hall–Kier alpha value is -2.02. The number of nitriles is 1. The lowest BCUT2D eigenvalue weighted by molar-refractivity contribution is 0.242. The summed E-state index contributed by atoms with van der Waals surface area (Å²) in [7, 11) is 0. The highest BCUT2D eigenvalue weighted by Gasteiger charge is 2.04. The molecule has 0 fully saturated rings. The van der Waals surface area contributed by atoms with Crippen LogP contribution in [0.2, 0.25) is 0 Å². The summed E-state index contributed by atoms with van der Waals surface area (Å²) >= 11 is 0. The van der Waals surface area contributed by atoms with Crippen LogP contribution in [0.4, 0.5) is 0 Å². The summed E-state index contributed by atoms with van der Waals surface area (Å²) in [6, 6.07) is 7.75. The molecule has 0 radical (unpaired) electrons. The number of fused-ring (bicyclic) bond motifs is 1. The molecule has 0 aliphatic rings. The third-order valence-electron chi connectivity index (χ3n) is 2.12. The molecule has 1 heterocycles. The molecular weight excluding hydrogens is 202 g/mol. The Morgan fingerprint density at radius 1 is 1.50 bits per heavy atom. The minimum absolute atomic E-state index is 0.152. The third kappa shape index (κ3) is 2.14. The lowest BCUT2D eigenvalue weighted by Crippen LogP contribution is -2.05. The number of hydrogen-bond acceptors (Lipinski definition) is 3. The van der Waals surface area contributed by atoms with Crippen molar-refractivity contribution in [3.05, 3.63) is 24.0 Å². The summed E-state index contributed by atoms with van der Waals surface area (Å²) in [6.07, 6.45) is 0.452. The van der Waals surface area contributed by atoms with Crippen molar-refractivity contribution in [2.75, 3.05) is 0 Å². The molecule has 0 atom stereocenters. The number of imidazole rings is 1. The molecule has 0 spiro atoms. The SMILES string of the molecule is CC(C)Oc1ccc2nc(CC#N)[nH]c2c1. The average molecular weight is 215 g/mol. The molecule has 0 aliphatic carbocycles. The van der Waals surface area contributed by atoms with Crippen molar-refractivity contribution in [3.63, 3.8) is 0 Å². The highest BCUT2D eigenvalue weighted by Crippen LogP contribution is 2.20. The molecule has 16 heavy (non-hydrogen) atoms. The molecule has 2 aromatic rings. The van der Waals surface area contributed by atoms with E-state index in [-0.39, 0.29) is 6.10 Å². The molecule has 1 aromatic heterocycles. The van der Waals surface area contributed by atoms with E-state index in [9.17, 15) is 0 Å². The van der Waals surface area contributed by atoms with E-state index >= 15 is 0 Å². The molecule has 4 heteroatoms. The van der Waals surface area contributed by atoms with Crippen LogP contribution >= 0.6 is 0 Å². The fourth-order valence-corrected chi connectivity index (χ4v) is 1.55. The topological polar surface area (TPSA) is 61.7 Å². The predicted octanol–water partition coefficient (Wildman–Crippen LogP) is 2.42. The number of ether oxygens (including phenoxy) is 1. The van der Waals surface area contributed by atoms with Crippen molar-refractivity contribution >= 4 is 11.0 Å². The summed E-state index contributed by atoms with van der Waals surface area (Å²) in [5.41, 5.74) is 1.77. The Balaban J connectivity index is 2.34. The number of nitrogens with zero attached hydrogens (tertiary/aromatic N) is 2. The van der Waals surface area contributed by atoms with E-state index in [0.717, 1.165) is 16.8 Å². The van der Waals surface area contributed by atoms with E-state index in [4.69, 9.17) is 10.00 Å². The lowest BCUT2D eigenvalue weighted by atomic mass is 10.3. The van der Waals surface area contributed by atoms with Gasteiger partial charge in [0.15, 0.2) is 0 Å². The molecule has 0 unspecified atom stereocenters. The Kier molecular flexibility index (Phi) is 2.78. The smallest absolute Gasteiger partial charge is 0.121 e. The van der Waals surface area contributed by atoms with Gasteiger partial charge in [0.1, 0.15) is 11.6 Å². The molecule has 82 valence electrons. The Labute approximate surface area is 93.9 Å². The molecule has 0 saturated carbocycles. The first-order valence-corrected chi connectivity index (χ1v) is 5.21. The van der Waals surface area contributed by atoms with Crippen LogP contribution in [0.1, 0.15) is 19.7 Å². The van der Waals surface area contributed by atoms with Crippen molar-refractivity contribution in [1.29, 1.82) is 5.26 Å². The maximum absolute atomic E-state index is 8.58. The van der Waals surface area contributed by atoms with Gasteiger partial charge in [-0.3, -0.25) is 0 Å². The average Bonchev–Trinajstić information content (AvgIpc) is 2.59. The van der Waals surface area contributed by atoms with E-state index in [1.165, 1.54) is 0 Å². The normalized spacial score (nSPS) is 10.6. The Bertz CT molecular complexity index is 537. The summed E-state index contributed by atoms with van der Waals surface area (Å²) in [4.78, 5) is 7.39. The van der Waals surface area contributed by atoms with Crippen LogP contribution in [0.5, 0.6) is 5.75 Å². The predicted molar refractivity (Wildman–Crippen MR) is 61.2 cm³/mol. The highest BCUT2D eigenvalue weighted by atomic mass is 16.5. The van der Waals surface area contributed by atoms with Crippen LogP contribution in [0.3, 0.4) is 0 Å². The van der Waals surface area contributed by atoms with Crippen LogP contribution in [-0.4, -0.2) is 16.1 Å². The summed E-state index contributed by atoms with van der Waals surface area (Å²) in [6.45, 7) is 3.97. The molecule has 0 amide bonds. The van der Waals surface area contributed by atoms with Crippen molar-refractivity contribution in [3.8, 4) is 11.8 Å².